The monoisotopic (exact) mass is 210 g/mol. The lowest BCUT2D eigenvalue weighted by Gasteiger charge is -2.28. The summed E-state index contributed by atoms with van der Waals surface area (Å²) < 4.78 is 0. The topological polar surface area (TPSA) is 15.3 Å². The maximum Gasteiger partial charge on any atom is 0.0220 e. The number of nitrogens with one attached hydrogen (secondary N) is 1. The van der Waals surface area contributed by atoms with Gasteiger partial charge in [-0.3, -0.25) is 0 Å². The van der Waals surface area contributed by atoms with Crippen LogP contribution in [0.1, 0.15) is 39.5 Å². The van der Waals surface area contributed by atoms with Crippen molar-refractivity contribution in [3.63, 3.8) is 0 Å². The van der Waals surface area contributed by atoms with E-state index in [9.17, 15) is 0 Å². The Morgan fingerprint density at radius 2 is 2.20 bits per heavy atom. The van der Waals surface area contributed by atoms with Gasteiger partial charge in [0, 0.05) is 19.1 Å². The summed E-state index contributed by atoms with van der Waals surface area (Å²) >= 11 is 0. The van der Waals surface area contributed by atoms with Crippen molar-refractivity contribution in [3.8, 4) is 0 Å². The lowest BCUT2D eigenvalue weighted by molar-refractivity contribution is 0.230. The lowest BCUT2D eigenvalue weighted by Crippen LogP contribution is -2.42. The van der Waals surface area contributed by atoms with Crippen LogP contribution in [0.5, 0.6) is 0 Å². The molecule has 2 fully saturated rings. The van der Waals surface area contributed by atoms with Crippen LogP contribution in [0.15, 0.2) is 0 Å². The standard InChI is InChI=1S/C13H26N2/c1-3-11(2)13-10-15(8-4-7-14-13)9-12-5-6-12/h11-14H,3-10H2,1-2H3. The highest BCUT2D eigenvalue weighted by Gasteiger charge is 2.27. The molecular formula is C13H26N2. The van der Waals surface area contributed by atoms with E-state index in [0.29, 0.717) is 0 Å². The predicted octanol–water partition coefficient (Wildman–Crippen LogP) is 2.11. The maximum atomic E-state index is 3.71. The van der Waals surface area contributed by atoms with Crippen LogP contribution in [0.3, 0.4) is 0 Å². The van der Waals surface area contributed by atoms with Gasteiger partial charge in [-0.15, -0.1) is 0 Å². The summed E-state index contributed by atoms with van der Waals surface area (Å²) in [5.41, 5.74) is 0. The summed E-state index contributed by atoms with van der Waals surface area (Å²) in [5.74, 6) is 1.87. The first-order valence-electron chi connectivity index (χ1n) is 6.75. The lowest BCUT2D eigenvalue weighted by atomic mass is 9.99. The first-order chi connectivity index (χ1) is 7.29. The highest BCUT2D eigenvalue weighted by Crippen LogP contribution is 2.30. The molecular weight excluding hydrogens is 184 g/mol. The van der Waals surface area contributed by atoms with Gasteiger partial charge in [-0.1, -0.05) is 20.3 Å². The summed E-state index contributed by atoms with van der Waals surface area (Å²) in [5, 5.41) is 3.71. The molecule has 88 valence electrons. The Balaban J connectivity index is 1.83. The van der Waals surface area contributed by atoms with E-state index < -0.39 is 0 Å². The van der Waals surface area contributed by atoms with Crippen LogP contribution in [0.4, 0.5) is 0 Å². The summed E-state index contributed by atoms with van der Waals surface area (Å²) in [6.45, 7) is 9.88. The van der Waals surface area contributed by atoms with E-state index in [-0.39, 0.29) is 0 Å². The Morgan fingerprint density at radius 3 is 2.87 bits per heavy atom. The first kappa shape index (κ1) is 11.4. The fourth-order valence-electron chi connectivity index (χ4n) is 2.52. The van der Waals surface area contributed by atoms with E-state index in [1.165, 1.54) is 51.9 Å². The molecule has 2 nitrogen and oxygen atoms in total. The third kappa shape index (κ3) is 3.46. The van der Waals surface area contributed by atoms with Gasteiger partial charge < -0.3 is 10.2 Å². The zero-order valence-electron chi connectivity index (χ0n) is 10.3. The Labute approximate surface area is 94.4 Å². The minimum Gasteiger partial charge on any atom is -0.312 e. The minimum atomic E-state index is 0.733. The third-order valence-corrected chi connectivity index (χ3v) is 4.06. The molecule has 2 atom stereocenters. The molecule has 15 heavy (non-hydrogen) atoms. The first-order valence-corrected chi connectivity index (χ1v) is 6.75. The largest absolute Gasteiger partial charge is 0.312 e. The van der Waals surface area contributed by atoms with Gasteiger partial charge in [0.25, 0.3) is 0 Å². The second-order valence-electron chi connectivity index (χ2n) is 5.50. The average Bonchev–Trinajstić information content (AvgIpc) is 3.05. The van der Waals surface area contributed by atoms with E-state index in [1.807, 2.05) is 0 Å². The molecule has 1 saturated carbocycles. The molecule has 2 aliphatic rings. The van der Waals surface area contributed by atoms with Gasteiger partial charge in [0.2, 0.25) is 0 Å². The van der Waals surface area contributed by atoms with Crippen molar-refractivity contribution in [1.29, 1.82) is 0 Å². The van der Waals surface area contributed by atoms with Gasteiger partial charge in [-0.25, -0.2) is 0 Å². The van der Waals surface area contributed by atoms with E-state index in [4.69, 9.17) is 0 Å². The normalized spacial score (nSPS) is 31.2. The van der Waals surface area contributed by atoms with Crippen molar-refractivity contribution in [2.75, 3.05) is 26.2 Å². The van der Waals surface area contributed by atoms with Crippen molar-refractivity contribution in [1.82, 2.24) is 10.2 Å². The molecule has 2 heteroatoms. The van der Waals surface area contributed by atoms with Crippen LogP contribution in [0.2, 0.25) is 0 Å². The quantitative estimate of drug-likeness (QED) is 0.764. The molecule has 0 amide bonds. The van der Waals surface area contributed by atoms with Gasteiger partial charge in [0.05, 0.1) is 0 Å². The Hall–Kier alpha value is -0.0800. The van der Waals surface area contributed by atoms with E-state index in [0.717, 1.165) is 17.9 Å². The molecule has 1 heterocycles. The predicted molar refractivity (Wildman–Crippen MR) is 65.0 cm³/mol. The third-order valence-electron chi connectivity index (χ3n) is 4.06. The van der Waals surface area contributed by atoms with Crippen molar-refractivity contribution >= 4 is 0 Å². The molecule has 0 radical (unpaired) electrons. The molecule has 0 bridgehead atoms. The van der Waals surface area contributed by atoms with Gasteiger partial charge in [0.1, 0.15) is 0 Å². The van der Waals surface area contributed by atoms with Crippen LogP contribution >= 0.6 is 0 Å². The number of rotatable bonds is 4. The van der Waals surface area contributed by atoms with Crippen LogP contribution in [0, 0.1) is 11.8 Å². The van der Waals surface area contributed by atoms with Crippen LogP contribution < -0.4 is 5.32 Å². The van der Waals surface area contributed by atoms with Crippen LogP contribution in [-0.2, 0) is 0 Å². The fourth-order valence-corrected chi connectivity index (χ4v) is 2.52. The fraction of sp³-hybridized carbons (Fsp3) is 1.00. The number of hydrogen-bond acceptors (Lipinski definition) is 2. The summed E-state index contributed by atoms with van der Waals surface area (Å²) in [6, 6.07) is 0.733. The maximum absolute atomic E-state index is 3.71. The van der Waals surface area contributed by atoms with E-state index in [2.05, 4.69) is 24.1 Å². The number of hydrogen-bond donors (Lipinski definition) is 1. The molecule has 0 aromatic carbocycles. The van der Waals surface area contributed by atoms with E-state index in [1.54, 1.807) is 0 Å². The van der Waals surface area contributed by atoms with Crippen molar-refractivity contribution in [3.05, 3.63) is 0 Å². The average molecular weight is 210 g/mol. The Kier molecular flexibility index (Phi) is 4.04. The smallest absolute Gasteiger partial charge is 0.0220 e. The molecule has 2 unspecified atom stereocenters. The van der Waals surface area contributed by atoms with Crippen LogP contribution in [0.25, 0.3) is 0 Å². The second-order valence-corrected chi connectivity index (χ2v) is 5.50. The molecule has 1 aliphatic carbocycles. The molecule has 0 spiro atoms. The SMILES string of the molecule is CCC(C)C1CN(CC2CC2)CCCN1. The van der Waals surface area contributed by atoms with Crippen LogP contribution in [-0.4, -0.2) is 37.1 Å². The van der Waals surface area contributed by atoms with Crippen molar-refractivity contribution < 1.29 is 0 Å². The van der Waals surface area contributed by atoms with E-state index >= 15 is 0 Å². The van der Waals surface area contributed by atoms with Crippen molar-refractivity contribution in [2.45, 2.75) is 45.6 Å². The van der Waals surface area contributed by atoms with Gasteiger partial charge in [-0.2, -0.15) is 0 Å². The summed E-state index contributed by atoms with van der Waals surface area (Å²) in [6.07, 6.45) is 5.60. The summed E-state index contributed by atoms with van der Waals surface area (Å²) in [4.78, 5) is 2.70. The van der Waals surface area contributed by atoms with Gasteiger partial charge >= 0.3 is 0 Å². The molecule has 0 aromatic rings. The van der Waals surface area contributed by atoms with Crippen molar-refractivity contribution in [2.24, 2.45) is 11.8 Å². The highest BCUT2D eigenvalue weighted by atomic mass is 15.2. The Morgan fingerprint density at radius 1 is 1.40 bits per heavy atom. The zero-order valence-corrected chi connectivity index (χ0v) is 10.3. The second kappa shape index (κ2) is 5.31. The highest BCUT2D eigenvalue weighted by molar-refractivity contribution is 4.84. The molecule has 0 aromatic heterocycles. The Bertz CT molecular complexity index is 189. The minimum absolute atomic E-state index is 0.733. The summed E-state index contributed by atoms with van der Waals surface area (Å²) in [7, 11) is 0. The molecule has 1 aliphatic heterocycles. The molecule has 1 saturated heterocycles. The molecule has 1 N–H and O–H groups in total. The number of nitrogens with zero attached hydrogens (tertiary/aromatic N) is 1. The zero-order chi connectivity index (χ0) is 10.7. The molecule has 2 rings (SSSR count). The van der Waals surface area contributed by atoms with Gasteiger partial charge in [0.15, 0.2) is 0 Å². The van der Waals surface area contributed by atoms with Gasteiger partial charge in [-0.05, 0) is 44.2 Å².